The predicted octanol–water partition coefficient (Wildman–Crippen LogP) is 10.8. The molecular formula is C83H120N2O22. The second kappa shape index (κ2) is 37.6. The van der Waals surface area contributed by atoms with Crippen molar-refractivity contribution in [1.29, 1.82) is 0 Å². The first-order valence-corrected chi connectivity index (χ1v) is 39.1. The Labute approximate surface area is 631 Å². The highest BCUT2D eigenvalue weighted by molar-refractivity contribution is 6.39. The molecule has 18 atom stereocenters. The molecule has 4 heterocycles. The summed E-state index contributed by atoms with van der Waals surface area (Å²) in [5, 5.41) is 35.8. The number of carbonyl (C=O) groups excluding carboxylic acids is 10. The number of aliphatic hydroxyl groups excluding tert-OH is 2. The van der Waals surface area contributed by atoms with Gasteiger partial charge in [0, 0.05) is 114 Å². The van der Waals surface area contributed by atoms with Gasteiger partial charge in [-0.3, -0.25) is 38.4 Å². The SMILES string of the molecule is CCN(/C=C1/C(=O)O[C@H](COC)[C@@]2(C)C1=C(O)C(=O)C1=C2[C@H](OC(C)=O)C[C@@]2(C)C1CC[C@@H]2OC(=O)CCCCC(=O)OC1CCC(C[C@@H](C)[C@@H]2CC(=O)[C@H](C)/C=C(\C)[C@@H](O)[C@@H](OC)C(=O)[C@H](C)C[C@H](C)/C=C/C=C/C=C(\C)[C@@H](OC)C[C@@H]3CC[C@@H](C)[C@@](O)(O3)C(=O)C(=O)N3CCCC[C@H]3C(=O)O2)CC1)CC. The van der Waals surface area contributed by atoms with Crippen LogP contribution in [-0.2, 0) is 90.6 Å². The van der Waals surface area contributed by atoms with Crippen LogP contribution in [0.4, 0.5) is 0 Å². The van der Waals surface area contributed by atoms with E-state index in [1.54, 1.807) is 54.0 Å². The summed E-state index contributed by atoms with van der Waals surface area (Å²) in [6.07, 6.45) is 11.9. The first-order valence-electron chi connectivity index (χ1n) is 39.1. The first kappa shape index (κ1) is 85.6. The average molecular weight is 1500 g/mol. The van der Waals surface area contributed by atoms with Gasteiger partial charge in [-0.1, -0.05) is 78.0 Å². The number of methoxy groups -OCH3 is 3. The maximum atomic E-state index is 14.8. The van der Waals surface area contributed by atoms with Crippen LogP contribution in [-0.4, -0.2) is 198 Å². The van der Waals surface area contributed by atoms with Gasteiger partial charge in [0.25, 0.3) is 11.7 Å². The molecule has 3 saturated heterocycles. The molecule has 1 amide bonds. The molecule has 8 rings (SSSR count). The minimum absolute atomic E-state index is 0.0112. The third-order valence-electron chi connectivity index (χ3n) is 24.4. The number of piperidine rings is 1. The van der Waals surface area contributed by atoms with Gasteiger partial charge in [-0.25, -0.2) is 9.59 Å². The van der Waals surface area contributed by atoms with Crippen molar-refractivity contribution in [3.8, 4) is 0 Å². The van der Waals surface area contributed by atoms with Crippen molar-refractivity contribution in [3.63, 3.8) is 0 Å². The van der Waals surface area contributed by atoms with Gasteiger partial charge in [-0.15, -0.1) is 0 Å². The summed E-state index contributed by atoms with van der Waals surface area (Å²) in [5.41, 5.74) is -0.302. The van der Waals surface area contributed by atoms with Gasteiger partial charge in [0.05, 0.1) is 29.8 Å². The van der Waals surface area contributed by atoms with E-state index in [0.29, 0.717) is 114 Å². The predicted molar refractivity (Wildman–Crippen MR) is 395 cm³/mol. The van der Waals surface area contributed by atoms with Crippen LogP contribution in [0.15, 0.2) is 81.9 Å². The lowest BCUT2D eigenvalue weighted by molar-refractivity contribution is -0.265. The highest BCUT2D eigenvalue weighted by Crippen LogP contribution is 2.64. The van der Waals surface area contributed by atoms with Crippen LogP contribution < -0.4 is 0 Å². The van der Waals surface area contributed by atoms with E-state index in [9.17, 15) is 63.3 Å². The van der Waals surface area contributed by atoms with Crippen LogP contribution in [0.3, 0.4) is 0 Å². The van der Waals surface area contributed by atoms with Crippen LogP contribution in [0.2, 0.25) is 0 Å². The zero-order valence-corrected chi connectivity index (χ0v) is 65.8. The molecule has 8 aliphatic rings. The van der Waals surface area contributed by atoms with Gasteiger partial charge < -0.3 is 67.8 Å². The van der Waals surface area contributed by atoms with Crippen LogP contribution in [0, 0.1) is 52.3 Å². The van der Waals surface area contributed by atoms with E-state index in [4.69, 9.17) is 42.6 Å². The summed E-state index contributed by atoms with van der Waals surface area (Å²) in [5.74, 6) is -12.7. The molecule has 107 heavy (non-hydrogen) atoms. The van der Waals surface area contributed by atoms with Gasteiger partial charge in [0.2, 0.25) is 11.6 Å². The Morgan fingerprint density at radius 3 is 2.12 bits per heavy atom. The van der Waals surface area contributed by atoms with Crippen molar-refractivity contribution in [2.45, 2.75) is 278 Å². The quantitative estimate of drug-likeness (QED) is 0.0287. The molecule has 0 radical (unpaired) electrons. The minimum atomic E-state index is -2.49. The number of rotatable bonds is 18. The largest absolute Gasteiger partial charge is 0.504 e. The molecule has 2 saturated carbocycles. The van der Waals surface area contributed by atoms with Gasteiger partial charge in [-0.05, 0) is 178 Å². The number of ether oxygens (including phenoxy) is 9. The Hall–Kier alpha value is -6.96. The molecule has 2 bridgehead atoms. The van der Waals surface area contributed by atoms with Crippen molar-refractivity contribution in [2.75, 3.05) is 47.6 Å². The van der Waals surface area contributed by atoms with E-state index in [-0.39, 0.29) is 97.9 Å². The molecule has 1 unspecified atom stereocenters. The van der Waals surface area contributed by atoms with Crippen LogP contribution in [0.5, 0.6) is 0 Å². The molecule has 0 aromatic heterocycles. The second-order valence-corrected chi connectivity index (χ2v) is 32.0. The third-order valence-corrected chi connectivity index (χ3v) is 24.4. The summed E-state index contributed by atoms with van der Waals surface area (Å²) in [7, 11) is 4.38. The first-order chi connectivity index (χ1) is 50.7. The Morgan fingerprint density at radius 2 is 1.48 bits per heavy atom. The topological polar surface area (TPSA) is 321 Å². The van der Waals surface area contributed by atoms with Crippen molar-refractivity contribution in [3.05, 3.63) is 81.9 Å². The normalized spacial score (nSPS) is 37.0. The van der Waals surface area contributed by atoms with Crippen LogP contribution >= 0.6 is 0 Å². The number of allylic oxidation sites excluding steroid dienone is 7. The molecule has 24 nitrogen and oxygen atoms in total. The second-order valence-electron chi connectivity index (χ2n) is 32.0. The van der Waals surface area contributed by atoms with Gasteiger partial charge >= 0.3 is 29.8 Å². The number of carbonyl (C=O) groups is 10. The Bertz CT molecular complexity index is 3500. The van der Waals surface area contributed by atoms with Crippen molar-refractivity contribution in [1.82, 2.24) is 9.80 Å². The maximum Gasteiger partial charge on any atom is 0.340 e. The summed E-state index contributed by atoms with van der Waals surface area (Å²) >= 11 is 0. The summed E-state index contributed by atoms with van der Waals surface area (Å²) in [6, 6.07) is -1.22. The molecule has 0 aromatic carbocycles. The Kier molecular flexibility index (Phi) is 30.1. The Balaban J connectivity index is 0.903. The highest BCUT2D eigenvalue weighted by Gasteiger charge is 2.65. The molecule has 24 heteroatoms. The zero-order chi connectivity index (χ0) is 78.6. The lowest BCUT2D eigenvalue weighted by atomic mass is 9.53. The number of ketones is 4. The fourth-order valence-corrected chi connectivity index (χ4v) is 18.0. The van der Waals surface area contributed by atoms with E-state index in [1.165, 1.54) is 26.0 Å². The molecule has 0 aromatic rings. The van der Waals surface area contributed by atoms with E-state index in [0.717, 1.165) is 5.57 Å². The summed E-state index contributed by atoms with van der Waals surface area (Å²) in [4.78, 5) is 144. The van der Waals surface area contributed by atoms with E-state index in [2.05, 4.69) is 0 Å². The number of fused-ring (bicyclic) bond motifs is 7. The third kappa shape index (κ3) is 19.6. The zero-order valence-electron chi connectivity index (χ0n) is 65.8. The molecule has 4 aliphatic heterocycles. The number of hydrogen-bond acceptors (Lipinski definition) is 23. The molecule has 5 fully saturated rings. The van der Waals surface area contributed by atoms with Gasteiger partial charge in [0.15, 0.2) is 11.5 Å². The van der Waals surface area contributed by atoms with E-state index in [1.807, 2.05) is 76.8 Å². The highest BCUT2D eigenvalue weighted by atomic mass is 16.6. The number of esters is 5. The van der Waals surface area contributed by atoms with Gasteiger partial charge in [-0.2, -0.15) is 0 Å². The number of cyclic esters (lactones) is 2. The van der Waals surface area contributed by atoms with E-state index >= 15 is 0 Å². The number of Topliss-reactive ketones (excluding diaryl/α,β-unsaturated/α-hetero) is 4. The number of amides is 1. The molecule has 4 aliphatic carbocycles. The monoisotopic (exact) mass is 1500 g/mol. The summed E-state index contributed by atoms with van der Waals surface area (Å²) in [6.45, 7) is 22.3. The van der Waals surface area contributed by atoms with Crippen molar-refractivity contribution in [2.24, 2.45) is 52.3 Å². The lowest BCUT2D eigenvalue weighted by Gasteiger charge is -2.54. The smallest absolute Gasteiger partial charge is 0.340 e. The number of hydrogen-bond donors (Lipinski definition) is 3. The van der Waals surface area contributed by atoms with Crippen molar-refractivity contribution < 1.29 is 106 Å². The average Bonchev–Trinajstić information content (AvgIpc) is 1.66. The van der Waals surface area contributed by atoms with Crippen LogP contribution in [0.1, 0.15) is 212 Å². The minimum Gasteiger partial charge on any atom is -0.504 e. The fourth-order valence-electron chi connectivity index (χ4n) is 18.0. The number of aliphatic hydroxyl groups is 3. The maximum absolute atomic E-state index is 14.8. The van der Waals surface area contributed by atoms with Gasteiger partial charge in [0.1, 0.15) is 54.6 Å². The molecule has 0 spiro atoms. The molecule has 594 valence electrons. The lowest BCUT2D eigenvalue weighted by Crippen LogP contribution is -2.61. The molecule has 3 N–H and O–H groups in total. The van der Waals surface area contributed by atoms with E-state index < -0.39 is 154 Å². The standard InChI is InChI=1S/C83H120N2O22/c1-16-84(17-2)45-58-70-75(93)74(92)69-59-36-37-65(81(59,11)44-64(102-54(10)86)71(69)82(70,12)66(46-99-13)106-79(58)96)105-68(89)29-22-21-28-67(88)103-56-34-31-55(32-35-56)41-50(6)63-43-61(87)49(5)40-52(8)73(91)76(101-15)72(90)51(7)39-47(3)25-19-18-20-26-48(4)62(100-14)42-57-33-30-53(9)83(98,107-57)77(94)78(95)85-38-24-23-27-60(85)80(97)104-63/h18-20,25-26,40,45,47,49-51,53,55-57,59-60,62-66,73,76,91,93,98H,16-17,21-24,27-39,41-44,46H2,1-15H3/b20-18+,25-19+,48-26+,52-40+,58-45+/t47-,49-,50-,51-,53-,55?,56?,57+,59?,60+,62+,63+,64-,65+,66-,73-,76+,81+,82+,83-/m1/s1. The number of nitrogens with zero attached hydrogens (tertiary/aromatic N) is 2. The number of unbranched alkanes of at least 4 members (excludes halogenated alkanes) is 1. The Morgan fingerprint density at radius 1 is 0.794 bits per heavy atom. The fraction of sp³-hybridized carbons (Fsp3) is 0.711. The summed E-state index contributed by atoms with van der Waals surface area (Å²) < 4.78 is 54.1. The molecular weight excluding hydrogens is 1380 g/mol. The van der Waals surface area contributed by atoms with Crippen molar-refractivity contribution >= 4 is 58.9 Å². The van der Waals surface area contributed by atoms with Crippen LogP contribution in [0.25, 0.3) is 0 Å².